The molecule has 0 atom stereocenters. The van der Waals surface area contributed by atoms with Crippen molar-refractivity contribution < 1.29 is 9.47 Å². The lowest BCUT2D eigenvalue weighted by molar-refractivity contribution is 0.309. The molecular formula is C21H26O2. The smallest absolute Gasteiger partial charge is 0.131 e. The lowest BCUT2D eigenvalue weighted by atomic mass is 9.87. The molecule has 0 fully saturated rings. The van der Waals surface area contributed by atoms with Crippen molar-refractivity contribution in [1.29, 1.82) is 0 Å². The maximum atomic E-state index is 6.19. The van der Waals surface area contributed by atoms with Crippen molar-refractivity contribution in [3.8, 4) is 11.5 Å². The lowest BCUT2D eigenvalue weighted by Gasteiger charge is -2.25. The fourth-order valence-corrected chi connectivity index (χ4v) is 3.25. The Morgan fingerprint density at radius 1 is 0.870 bits per heavy atom. The van der Waals surface area contributed by atoms with E-state index in [1.807, 2.05) is 0 Å². The molecule has 2 aromatic rings. The fourth-order valence-electron chi connectivity index (χ4n) is 3.25. The first-order valence-corrected chi connectivity index (χ1v) is 8.73. The van der Waals surface area contributed by atoms with Crippen LogP contribution in [0.2, 0.25) is 0 Å². The van der Waals surface area contributed by atoms with Gasteiger partial charge in [0.2, 0.25) is 0 Å². The Bertz CT molecular complexity index is 728. The molecule has 3 rings (SSSR count). The minimum absolute atomic E-state index is 0.758. The van der Waals surface area contributed by atoms with Crippen LogP contribution in [-0.4, -0.2) is 13.2 Å². The third-order valence-electron chi connectivity index (χ3n) is 4.34. The molecule has 0 saturated carbocycles. The standard InChI is InChI=1S/C21H26O2/c1-4-12-22-20-16-8-6-7-9-17(16)21(23-13-5-2)19-14-15(3)10-11-18(19)20/h6-10H,4-5,11-14H2,1-3H3. The van der Waals surface area contributed by atoms with E-state index in [2.05, 4.69) is 51.1 Å². The molecule has 0 N–H and O–H groups in total. The van der Waals surface area contributed by atoms with Gasteiger partial charge in [-0.05, 0) is 32.6 Å². The monoisotopic (exact) mass is 310 g/mol. The first-order valence-electron chi connectivity index (χ1n) is 8.73. The van der Waals surface area contributed by atoms with Gasteiger partial charge in [-0.1, -0.05) is 49.8 Å². The summed E-state index contributed by atoms with van der Waals surface area (Å²) in [4.78, 5) is 0. The SMILES string of the molecule is CCCOc1c2c(c(OCCC)c3ccccc13)CC(C)=CC2. The van der Waals surface area contributed by atoms with Crippen LogP contribution in [0.15, 0.2) is 35.9 Å². The second kappa shape index (κ2) is 7.08. The minimum atomic E-state index is 0.758. The van der Waals surface area contributed by atoms with Crippen molar-refractivity contribution in [3.05, 3.63) is 47.0 Å². The van der Waals surface area contributed by atoms with E-state index in [4.69, 9.17) is 9.47 Å². The average molecular weight is 310 g/mol. The summed E-state index contributed by atoms with van der Waals surface area (Å²) in [6.45, 7) is 8.02. The molecule has 0 aliphatic heterocycles. The first-order chi connectivity index (χ1) is 11.3. The molecule has 2 nitrogen and oxygen atoms in total. The lowest BCUT2D eigenvalue weighted by Crippen LogP contribution is -2.10. The molecule has 1 aliphatic carbocycles. The van der Waals surface area contributed by atoms with Crippen LogP contribution in [0, 0.1) is 0 Å². The van der Waals surface area contributed by atoms with Gasteiger partial charge in [-0.25, -0.2) is 0 Å². The third-order valence-corrected chi connectivity index (χ3v) is 4.34. The zero-order chi connectivity index (χ0) is 16.2. The first kappa shape index (κ1) is 15.9. The van der Waals surface area contributed by atoms with E-state index in [0.717, 1.165) is 50.4 Å². The van der Waals surface area contributed by atoms with E-state index in [1.165, 1.54) is 27.5 Å². The molecular weight excluding hydrogens is 284 g/mol. The van der Waals surface area contributed by atoms with Crippen LogP contribution < -0.4 is 9.47 Å². The van der Waals surface area contributed by atoms with Gasteiger partial charge in [0.05, 0.1) is 13.2 Å². The Balaban J connectivity index is 2.23. The molecule has 0 heterocycles. The quantitative estimate of drug-likeness (QED) is 0.659. The van der Waals surface area contributed by atoms with Gasteiger partial charge in [0, 0.05) is 21.9 Å². The predicted octanol–water partition coefficient (Wildman–Crippen LogP) is 5.46. The average Bonchev–Trinajstić information content (AvgIpc) is 2.58. The fraction of sp³-hybridized carbons (Fsp3) is 0.429. The molecule has 0 spiro atoms. The molecule has 0 radical (unpaired) electrons. The van der Waals surface area contributed by atoms with Crippen molar-refractivity contribution in [1.82, 2.24) is 0 Å². The second-order valence-corrected chi connectivity index (χ2v) is 6.29. The van der Waals surface area contributed by atoms with Crippen molar-refractivity contribution in [2.75, 3.05) is 13.2 Å². The van der Waals surface area contributed by atoms with E-state index in [9.17, 15) is 0 Å². The van der Waals surface area contributed by atoms with Gasteiger partial charge in [0.15, 0.2) is 0 Å². The molecule has 0 bridgehead atoms. The predicted molar refractivity (Wildman–Crippen MR) is 96.7 cm³/mol. The van der Waals surface area contributed by atoms with E-state index >= 15 is 0 Å². The summed E-state index contributed by atoms with van der Waals surface area (Å²) in [5.74, 6) is 2.12. The largest absolute Gasteiger partial charge is 0.493 e. The third kappa shape index (κ3) is 3.08. The molecule has 122 valence electrons. The number of allylic oxidation sites excluding steroid dienone is 2. The van der Waals surface area contributed by atoms with Crippen LogP contribution in [0.4, 0.5) is 0 Å². The highest BCUT2D eigenvalue weighted by molar-refractivity contribution is 5.96. The van der Waals surface area contributed by atoms with Gasteiger partial charge >= 0.3 is 0 Å². The van der Waals surface area contributed by atoms with Gasteiger partial charge in [-0.2, -0.15) is 0 Å². The highest BCUT2D eigenvalue weighted by Gasteiger charge is 2.23. The van der Waals surface area contributed by atoms with Crippen molar-refractivity contribution in [2.45, 2.75) is 46.5 Å². The topological polar surface area (TPSA) is 18.5 Å². The van der Waals surface area contributed by atoms with Gasteiger partial charge in [0.25, 0.3) is 0 Å². The van der Waals surface area contributed by atoms with Gasteiger partial charge < -0.3 is 9.47 Å². The number of hydrogen-bond donors (Lipinski definition) is 0. The molecule has 0 saturated heterocycles. The summed E-state index contributed by atoms with van der Waals surface area (Å²) in [6.07, 6.45) is 6.26. The Morgan fingerprint density at radius 2 is 1.43 bits per heavy atom. The Hall–Kier alpha value is -1.96. The molecule has 0 amide bonds. The van der Waals surface area contributed by atoms with Crippen molar-refractivity contribution >= 4 is 10.8 Å². The number of rotatable bonds is 6. The van der Waals surface area contributed by atoms with Crippen LogP contribution in [-0.2, 0) is 12.8 Å². The van der Waals surface area contributed by atoms with E-state index in [0.29, 0.717) is 0 Å². The van der Waals surface area contributed by atoms with Gasteiger partial charge in [0.1, 0.15) is 11.5 Å². The van der Waals surface area contributed by atoms with Crippen LogP contribution in [0.1, 0.15) is 44.7 Å². The van der Waals surface area contributed by atoms with Crippen LogP contribution in [0.5, 0.6) is 11.5 Å². The molecule has 23 heavy (non-hydrogen) atoms. The van der Waals surface area contributed by atoms with Crippen LogP contribution in [0.25, 0.3) is 10.8 Å². The van der Waals surface area contributed by atoms with E-state index in [1.54, 1.807) is 0 Å². The Labute approximate surface area is 139 Å². The summed E-state index contributed by atoms with van der Waals surface area (Å²) in [5.41, 5.74) is 4.05. The van der Waals surface area contributed by atoms with Crippen molar-refractivity contribution in [3.63, 3.8) is 0 Å². The summed E-state index contributed by atoms with van der Waals surface area (Å²) in [6, 6.07) is 8.49. The summed E-state index contributed by atoms with van der Waals surface area (Å²) < 4.78 is 12.4. The number of fused-ring (bicyclic) bond motifs is 2. The molecule has 2 heteroatoms. The zero-order valence-electron chi connectivity index (χ0n) is 14.4. The minimum Gasteiger partial charge on any atom is -0.493 e. The second-order valence-electron chi connectivity index (χ2n) is 6.29. The molecule has 2 aromatic carbocycles. The van der Waals surface area contributed by atoms with Gasteiger partial charge in [-0.3, -0.25) is 0 Å². The molecule has 1 aliphatic rings. The highest BCUT2D eigenvalue weighted by atomic mass is 16.5. The van der Waals surface area contributed by atoms with Gasteiger partial charge in [-0.15, -0.1) is 0 Å². The number of ether oxygens (including phenoxy) is 2. The Morgan fingerprint density at radius 3 is 2.00 bits per heavy atom. The number of benzene rings is 2. The highest BCUT2D eigenvalue weighted by Crippen LogP contribution is 2.44. The van der Waals surface area contributed by atoms with Crippen LogP contribution in [0.3, 0.4) is 0 Å². The Kier molecular flexibility index (Phi) is 4.90. The maximum absolute atomic E-state index is 6.19. The zero-order valence-corrected chi connectivity index (χ0v) is 14.4. The number of hydrogen-bond acceptors (Lipinski definition) is 2. The summed E-state index contributed by atoms with van der Waals surface area (Å²) >= 11 is 0. The normalized spacial score (nSPS) is 13.6. The van der Waals surface area contributed by atoms with Crippen LogP contribution >= 0.6 is 0 Å². The van der Waals surface area contributed by atoms with E-state index in [-0.39, 0.29) is 0 Å². The maximum Gasteiger partial charge on any atom is 0.131 e. The summed E-state index contributed by atoms with van der Waals surface area (Å²) in [5, 5.41) is 2.36. The molecule has 0 aromatic heterocycles. The molecule has 0 unspecified atom stereocenters. The van der Waals surface area contributed by atoms with Crippen molar-refractivity contribution in [2.24, 2.45) is 0 Å². The van der Waals surface area contributed by atoms with E-state index < -0.39 is 0 Å². The summed E-state index contributed by atoms with van der Waals surface area (Å²) in [7, 11) is 0.